The molecule has 4 nitrogen and oxygen atoms in total. The van der Waals surface area contributed by atoms with Crippen molar-refractivity contribution in [1.29, 1.82) is 0 Å². The molecule has 3 N–H and O–H groups in total. The van der Waals surface area contributed by atoms with Crippen LogP contribution in [0.5, 0.6) is 0 Å². The SMILES string of the molecule is CCOC(=O)CC[NH2+]C(C)C(O)c1ccccc1.[Cl-]. The molecule has 0 aromatic heterocycles. The molecular formula is C14H22ClNO3. The number of halogens is 1. The molecule has 0 saturated carbocycles. The highest BCUT2D eigenvalue weighted by molar-refractivity contribution is 5.69. The largest absolute Gasteiger partial charge is 1.00 e. The average molecular weight is 288 g/mol. The molecule has 1 aromatic rings. The predicted octanol–water partition coefficient (Wildman–Crippen LogP) is -2.37. The number of carbonyl (C=O) groups is 1. The van der Waals surface area contributed by atoms with Gasteiger partial charge in [0, 0.05) is 0 Å². The van der Waals surface area contributed by atoms with Crippen molar-refractivity contribution >= 4 is 5.97 Å². The van der Waals surface area contributed by atoms with Gasteiger partial charge in [-0.2, -0.15) is 0 Å². The van der Waals surface area contributed by atoms with E-state index in [0.717, 1.165) is 5.56 Å². The molecule has 0 amide bonds. The number of carbonyl (C=O) groups excluding carboxylic acids is 1. The summed E-state index contributed by atoms with van der Waals surface area (Å²) in [5, 5.41) is 12.1. The number of ether oxygens (including phenoxy) is 1. The van der Waals surface area contributed by atoms with E-state index in [2.05, 4.69) is 0 Å². The fraction of sp³-hybridized carbons (Fsp3) is 0.500. The number of aliphatic hydroxyl groups excluding tert-OH is 1. The molecule has 0 radical (unpaired) electrons. The topological polar surface area (TPSA) is 63.1 Å². The van der Waals surface area contributed by atoms with Crippen molar-refractivity contribution in [3.8, 4) is 0 Å². The molecule has 2 unspecified atom stereocenters. The van der Waals surface area contributed by atoms with E-state index in [9.17, 15) is 9.90 Å². The van der Waals surface area contributed by atoms with Gasteiger partial charge in [0.05, 0.1) is 19.6 Å². The fourth-order valence-electron chi connectivity index (χ4n) is 1.78. The minimum atomic E-state index is -0.520. The molecule has 0 aliphatic carbocycles. The third-order valence-corrected chi connectivity index (χ3v) is 2.83. The van der Waals surface area contributed by atoms with Crippen molar-refractivity contribution in [3.05, 3.63) is 35.9 Å². The van der Waals surface area contributed by atoms with Crippen LogP contribution >= 0.6 is 0 Å². The van der Waals surface area contributed by atoms with Gasteiger partial charge in [-0.3, -0.25) is 4.79 Å². The lowest BCUT2D eigenvalue weighted by Crippen LogP contribution is -3.00. The Hall–Kier alpha value is -1.10. The number of rotatable bonds is 7. The highest BCUT2D eigenvalue weighted by atomic mass is 35.5. The van der Waals surface area contributed by atoms with Crippen LogP contribution in [0.2, 0.25) is 0 Å². The van der Waals surface area contributed by atoms with Gasteiger partial charge in [-0.05, 0) is 19.4 Å². The van der Waals surface area contributed by atoms with Gasteiger partial charge < -0.3 is 27.6 Å². The van der Waals surface area contributed by atoms with Crippen molar-refractivity contribution in [3.63, 3.8) is 0 Å². The van der Waals surface area contributed by atoms with Crippen molar-refractivity contribution in [1.82, 2.24) is 0 Å². The van der Waals surface area contributed by atoms with Gasteiger partial charge in [-0.25, -0.2) is 0 Å². The molecule has 0 spiro atoms. The van der Waals surface area contributed by atoms with Crippen molar-refractivity contribution in [2.45, 2.75) is 32.4 Å². The van der Waals surface area contributed by atoms with Gasteiger partial charge in [0.2, 0.25) is 0 Å². The number of benzene rings is 1. The van der Waals surface area contributed by atoms with Gasteiger partial charge >= 0.3 is 5.97 Å². The van der Waals surface area contributed by atoms with Crippen LogP contribution in [-0.2, 0) is 9.53 Å². The van der Waals surface area contributed by atoms with Crippen molar-refractivity contribution < 1.29 is 32.4 Å². The molecule has 19 heavy (non-hydrogen) atoms. The van der Waals surface area contributed by atoms with E-state index in [-0.39, 0.29) is 24.4 Å². The molecule has 1 rings (SSSR count). The molecule has 1 aromatic carbocycles. The molecule has 108 valence electrons. The van der Waals surface area contributed by atoms with Crippen LogP contribution in [0, 0.1) is 0 Å². The zero-order chi connectivity index (χ0) is 13.4. The summed E-state index contributed by atoms with van der Waals surface area (Å²) < 4.78 is 4.85. The molecular weight excluding hydrogens is 266 g/mol. The van der Waals surface area contributed by atoms with E-state index >= 15 is 0 Å². The molecule has 0 heterocycles. The Labute approximate surface area is 120 Å². The number of hydrogen-bond donors (Lipinski definition) is 2. The van der Waals surface area contributed by atoms with Crippen LogP contribution in [0.4, 0.5) is 0 Å². The van der Waals surface area contributed by atoms with Crippen molar-refractivity contribution in [2.75, 3.05) is 13.2 Å². The second-order valence-electron chi connectivity index (χ2n) is 4.29. The molecule has 5 heteroatoms. The second kappa shape index (κ2) is 9.78. The highest BCUT2D eigenvalue weighted by Gasteiger charge is 2.19. The summed E-state index contributed by atoms with van der Waals surface area (Å²) in [6, 6.07) is 9.56. The first kappa shape index (κ1) is 17.9. The summed E-state index contributed by atoms with van der Waals surface area (Å²) in [6.45, 7) is 4.79. The lowest BCUT2D eigenvalue weighted by molar-refractivity contribution is -0.693. The first-order valence-electron chi connectivity index (χ1n) is 6.37. The first-order valence-corrected chi connectivity index (χ1v) is 6.37. The lowest BCUT2D eigenvalue weighted by Gasteiger charge is -2.17. The minimum absolute atomic E-state index is 0. The van der Waals surface area contributed by atoms with Crippen LogP contribution < -0.4 is 17.7 Å². The molecule has 0 aliphatic heterocycles. The molecule has 0 fully saturated rings. The molecule has 0 aliphatic rings. The zero-order valence-electron chi connectivity index (χ0n) is 11.4. The van der Waals surface area contributed by atoms with Gasteiger partial charge in [0.25, 0.3) is 0 Å². The van der Waals surface area contributed by atoms with Crippen LogP contribution in [0.1, 0.15) is 31.9 Å². The Kier molecular flexibility index (Phi) is 9.21. The Bertz CT molecular complexity index is 359. The minimum Gasteiger partial charge on any atom is -1.00 e. The summed E-state index contributed by atoms with van der Waals surface area (Å²) in [5.74, 6) is -0.185. The van der Waals surface area contributed by atoms with Gasteiger partial charge in [-0.1, -0.05) is 30.3 Å². The Morgan fingerprint density at radius 2 is 2.00 bits per heavy atom. The summed E-state index contributed by atoms with van der Waals surface area (Å²) >= 11 is 0. The maximum Gasteiger partial charge on any atom is 0.311 e. The third kappa shape index (κ3) is 6.57. The Balaban J connectivity index is 0.00000324. The van der Waals surface area contributed by atoms with E-state index in [1.165, 1.54) is 0 Å². The monoisotopic (exact) mass is 287 g/mol. The average Bonchev–Trinajstić information content (AvgIpc) is 2.39. The molecule has 0 bridgehead atoms. The standard InChI is InChI=1S/C14H21NO3.ClH/c1-3-18-13(16)9-10-15-11(2)14(17)12-7-5-4-6-8-12;/h4-8,11,14-15,17H,3,9-10H2,1-2H3;1H. The maximum atomic E-state index is 11.2. The van der Waals surface area contributed by atoms with Crippen LogP contribution in [0.25, 0.3) is 0 Å². The molecule has 0 saturated heterocycles. The second-order valence-corrected chi connectivity index (χ2v) is 4.29. The van der Waals surface area contributed by atoms with Gasteiger partial charge in [0.15, 0.2) is 0 Å². The number of quaternary nitrogens is 1. The van der Waals surface area contributed by atoms with Crippen LogP contribution in [0.3, 0.4) is 0 Å². The number of aliphatic hydroxyl groups is 1. The first-order chi connectivity index (χ1) is 8.65. The zero-order valence-corrected chi connectivity index (χ0v) is 12.1. The summed E-state index contributed by atoms with van der Waals surface area (Å²) in [6.07, 6.45) is -0.145. The van der Waals surface area contributed by atoms with E-state index in [1.54, 1.807) is 6.92 Å². The Morgan fingerprint density at radius 3 is 2.58 bits per heavy atom. The molecule has 2 atom stereocenters. The fourth-order valence-corrected chi connectivity index (χ4v) is 1.78. The number of nitrogens with two attached hydrogens (primary N) is 1. The highest BCUT2D eigenvalue weighted by Crippen LogP contribution is 2.13. The predicted molar refractivity (Wildman–Crippen MR) is 68.9 cm³/mol. The maximum absolute atomic E-state index is 11.2. The van der Waals surface area contributed by atoms with Gasteiger partial charge in [0.1, 0.15) is 12.1 Å². The third-order valence-electron chi connectivity index (χ3n) is 2.83. The summed E-state index contributed by atoms with van der Waals surface area (Å²) in [5.41, 5.74) is 0.900. The quantitative estimate of drug-likeness (QED) is 0.551. The normalized spacial score (nSPS) is 13.2. The van der Waals surface area contributed by atoms with Crippen molar-refractivity contribution in [2.24, 2.45) is 0 Å². The van der Waals surface area contributed by atoms with Crippen LogP contribution in [0.15, 0.2) is 30.3 Å². The van der Waals surface area contributed by atoms with E-state index in [0.29, 0.717) is 19.6 Å². The van der Waals surface area contributed by atoms with Crippen LogP contribution in [-0.4, -0.2) is 30.3 Å². The smallest absolute Gasteiger partial charge is 0.311 e. The summed E-state index contributed by atoms with van der Waals surface area (Å²) in [4.78, 5) is 11.2. The number of hydrogen-bond acceptors (Lipinski definition) is 3. The number of esters is 1. The van der Waals surface area contributed by atoms with E-state index in [1.807, 2.05) is 42.6 Å². The Morgan fingerprint density at radius 1 is 1.37 bits per heavy atom. The van der Waals surface area contributed by atoms with Gasteiger partial charge in [-0.15, -0.1) is 0 Å². The van der Waals surface area contributed by atoms with E-state index in [4.69, 9.17) is 4.74 Å². The lowest BCUT2D eigenvalue weighted by atomic mass is 10.0. The van der Waals surface area contributed by atoms with E-state index < -0.39 is 6.10 Å². The summed E-state index contributed by atoms with van der Waals surface area (Å²) in [7, 11) is 0.